The SMILES string of the molecule is CSCCC(N)C(=O)NCCC(=O)O. The minimum Gasteiger partial charge on any atom is -0.481 e. The molecule has 0 aliphatic heterocycles. The predicted molar refractivity (Wildman–Crippen MR) is 56.2 cm³/mol. The maximum Gasteiger partial charge on any atom is 0.305 e. The Bertz CT molecular complexity index is 199. The van der Waals surface area contributed by atoms with Crippen LogP contribution in [0.2, 0.25) is 0 Å². The topological polar surface area (TPSA) is 92.4 Å². The van der Waals surface area contributed by atoms with E-state index in [9.17, 15) is 9.59 Å². The summed E-state index contributed by atoms with van der Waals surface area (Å²) in [6.45, 7) is 0.140. The summed E-state index contributed by atoms with van der Waals surface area (Å²) in [5.74, 6) is -0.378. The first kappa shape index (κ1) is 13.2. The molecule has 0 heterocycles. The highest BCUT2D eigenvalue weighted by Gasteiger charge is 2.12. The smallest absolute Gasteiger partial charge is 0.305 e. The van der Waals surface area contributed by atoms with Crippen LogP contribution in [0.4, 0.5) is 0 Å². The van der Waals surface area contributed by atoms with Crippen molar-refractivity contribution in [2.75, 3.05) is 18.6 Å². The van der Waals surface area contributed by atoms with E-state index in [1.807, 2.05) is 6.26 Å². The third-order valence-corrected chi connectivity index (χ3v) is 2.25. The molecule has 0 aromatic heterocycles. The number of carbonyl (C=O) groups is 2. The Morgan fingerprint density at radius 2 is 2.21 bits per heavy atom. The highest BCUT2D eigenvalue weighted by Crippen LogP contribution is 1.98. The zero-order valence-corrected chi connectivity index (χ0v) is 8.97. The van der Waals surface area contributed by atoms with Gasteiger partial charge in [-0.3, -0.25) is 9.59 Å². The minimum atomic E-state index is -0.928. The van der Waals surface area contributed by atoms with E-state index in [1.165, 1.54) is 0 Å². The van der Waals surface area contributed by atoms with Gasteiger partial charge in [-0.1, -0.05) is 0 Å². The third kappa shape index (κ3) is 6.73. The van der Waals surface area contributed by atoms with Crippen LogP contribution >= 0.6 is 11.8 Å². The van der Waals surface area contributed by atoms with Crippen LogP contribution in [0.1, 0.15) is 12.8 Å². The van der Waals surface area contributed by atoms with Crippen molar-refractivity contribution < 1.29 is 14.7 Å². The maximum atomic E-state index is 11.2. The lowest BCUT2D eigenvalue weighted by atomic mass is 10.2. The fraction of sp³-hybridized carbons (Fsp3) is 0.750. The Kier molecular flexibility index (Phi) is 7.23. The molecule has 0 fully saturated rings. The van der Waals surface area contributed by atoms with E-state index in [2.05, 4.69) is 5.32 Å². The van der Waals surface area contributed by atoms with Crippen LogP contribution < -0.4 is 11.1 Å². The van der Waals surface area contributed by atoms with Crippen LogP contribution in [-0.2, 0) is 9.59 Å². The second-order valence-corrected chi connectivity index (χ2v) is 3.81. The summed E-state index contributed by atoms with van der Waals surface area (Å²) in [5.41, 5.74) is 5.55. The first-order valence-electron chi connectivity index (χ1n) is 4.32. The Hall–Kier alpha value is -0.750. The zero-order valence-electron chi connectivity index (χ0n) is 8.16. The average molecular weight is 220 g/mol. The molecular weight excluding hydrogens is 204 g/mol. The molecule has 0 radical (unpaired) electrons. The summed E-state index contributed by atoms with van der Waals surface area (Å²) in [4.78, 5) is 21.3. The number of nitrogens with one attached hydrogen (secondary N) is 1. The van der Waals surface area contributed by atoms with Gasteiger partial charge in [0.25, 0.3) is 0 Å². The van der Waals surface area contributed by atoms with E-state index >= 15 is 0 Å². The normalized spacial score (nSPS) is 12.1. The molecule has 0 aromatic rings. The molecule has 0 aromatic carbocycles. The van der Waals surface area contributed by atoms with Crippen molar-refractivity contribution in [3.8, 4) is 0 Å². The number of thioether (sulfide) groups is 1. The third-order valence-electron chi connectivity index (χ3n) is 1.61. The molecule has 82 valence electrons. The molecule has 0 spiro atoms. The largest absolute Gasteiger partial charge is 0.481 e. The van der Waals surface area contributed by atoms with Gasteiger partial charge in [0.2, 0.25) is 5.91 Å². The Morgan fingerprint density at radius 1 is 1.57 bits per heavy atom. The quantitative estimate of drug-likeness (QED) is 0.546. The predicted octanol–water partition coefficient (Wildman–Crippen LogP) is -0.342. The Labute approximate surface area is 87.4 Å². The van der Waals surface area contributed by atoms with Crippen molar-refractivity contribution in [2.45, 2.75) is 18.9 Å². The van der Waals surface area contributed by atoms with Crippen molar-refractivity contribution in [1.82, 2.24) is 5.32 Å². The zero-order chi connectivity index (χ0) is 11.0. The van der Waals surface area contributed by atoms with Gasteiger partial charge in [0.1, 0.15) is 0 Å². The number of carboxylic acids is 1. The lowest BCUT2D eigenvalue weighted by Crippen LogP contribution is -2.41. The Morgan fingerprint density at radius 3 is 2.71 bits per heavy atom. The molecule has 5 nitrogen and oxygen atoms in total. The van der Waals surface area contributed by atoms with Crippen LogP contribution in [0.15, 0.2) is 0 Å². The molecule has 6 heteroatoms. The number of hydrogen-bond donors (Lipinski definition) is 3. The van der Waals surface area contributed by atoms with E-state index < -0.39 is 12.0 Å². The fourth-order valence-electron chi connectivity index (χ4n) is 0.800. The van der Waals surface area contributed by atoms with Crippen molar-refractivity contribution >= 4 is 23.6 Å². The molecule has 1 atom stereocenters. The summed E-state index contributed by atoms with van der Waals surface area (Å²) in [6, 6.07) is -0.531. The number of aliphatic carboxylic acids is 1. The molecular formula is C8H16N2O3S. The summed E-state index contributed by atoms with van der Waals surface area (Å²) >= 11 is 1.62. The summed E-state index contributed by atoms with van der Waals surface area (Å²) in [7, 11) is 0. The van der Waals surface area contributed by atoms with Gasteiger partial charge in [-0.2, -0.15) is 11.8 Å². The molecule has 0 saturated heterocycles. The van der Waals surface area contributed by atoms with Gasteiger partial charge in [-0.05, 0) is 18.4 Å². The standard InChI is InChI=1S/C8H16N2O3S/c1-14-5-3-6(9)8(13)10-4-2-7(11)12/h6H,2-5,9H2,1H3,(H,10,13)(H,11,12). The molecule has 4 N–H and O–H groups in total. The number of nitrogens with two attached hydrogens (primary N) is 1. The van der Waals surface area contributed by atoms with Crippen LogP contribution in [-0.4, -0.2) is 41.6 Å². The molecule has 0 aliphatic carbocycles. The van der Waals surface area contributed by atoms with Crippen molar-refractivity contribution in [1.29, 1.82) is 0 Å². The summed E-state index contributed by atoms with van der Waals surface area (Å²) in [6.07, 6.45) is 2.48. The van der Waals surface area contributed by atoms with Crippen LogP contribution in [0.3, 0.4) is 0 Å². The number of carboxylic acid groups (broad SMARTS) is 1. The minimum absolute atomic E-state index is 0.0685. The van der Waals surface area contributed by atoms with Gasteiger partial charge < -0.3 is 16.2 Å². The van der Waals surface area contributed by atoms with E-state index in [4.69, 9.17) is 10.8 Å². The Balaban J connectivity index is 3.56. The summed E-state index contributed by atoms with van der Waals surface area (Å²) in [5, 5.41) is 10.8. The lowest BCUT2D eigenvalue weighted by Gasteiger charge is -2.10. The highest BCUT2D eigenvalue weighted by molar-refractivity contribution is 7.98. The van der Waals surface area contributed by atoms with Crippen molar-refractivity contribution in [3.63, 3.8) is 0 Å². The second kappa shape index (κ2) is 7.64. The van der Waals surface area contributed by atoms with Crippen molar-refractivity contribution in [2.24, 2.45) is 5.73 Å². The van der Waals surface area contributed by atoms with Gasteiger partial charge in [-0.15, -0.1) is 0 Å². The van der Waals surface area contributed by atoms with Crippen LogP contribution in [0.5, 0.6) is 0 Å². The van der Waals surface area contributed by atoms with Gasteiger partial charge in [0.05, 0.1) is 12.5 Å². The highest BCUT2D eigenvalue weighted by atomic mass is 32.2. The molecule has 14 heavy (non-hydrogen) atoms. The van der Waals surface area contributed by atoms with Gasteiger partial charge in [-0.25, -0.2) is 0 Å². The van der Waals surface area contributed by atoms with Crippen LogP contribution in [0.25, 0.3) is 0 Å². The van der Waals surface area contributed by atoms with Crippen molar-refractivity contribution in [3.05, 3.63) is 0 Å². The molecule has 0 rings (SSSR count). The molecule has 1 unspecified atom stereocenters. The second-order valence-electron chi connectivity index (χ2n) is 2.82. The van der Waals surface area contributed by atoms with Gasteiger partial charge in [0.15, 0.2) is 0 Å². The number of rotatable bonds is 7. The first-order valence-corrected chi connectivity index (χ1v) is 5.71. The fourth-order valence-corrected chi connectivity index (χ4v) is 1.29. The number of carbonyl (C=O) groups excluding carboxylic acids is 1. The van der Waals surface area contributed by atoms with E-state index in [0.717, 1.165) is 5.75 Å². The molecule has 0 bridgehead atoms. The maximum absolute atomic E-state index is 11.2. The molecule has 0 saturated carbocycles. The average Bonchev–Trinajstić information content (AvgIpc) is 2.13. The van der Waals surface area contributed by atoms with Crippen LogP contribution in [0, 0.1) is 0 Å². The number of amides is 1. The number of hydrogen-bond acceptors (Lipinski definition) is 4. The molecule has 1 amide bonds. The molecule has 0 aliphatic rings. The lowest BCUT2D eigenvalue weighted by molar-refractivity contribution is -0.136. The van der Waals surface area contributed by atoms with Gasteiger partial charge in [0, 0.05) is 6.54 Å². The van der Waals surface area contributed by atoms with E-state index in [1.54, 1.807) is 11.8 Å². The van der Waals surface area contributed by atoms with Gasteiger partial charge >= 0.3 is 5.97 Å². The van der Waals surface area contributed by atoms with E-state index in [0.29, 0.717) is 6.42 Å². The first-order chi connectivity index (χ1) is 6.57. The summed E-state index contributed by atoms with van der Waals surface area (Å²) < 4.78 is 0. The monoisotopic (exact) mass is 220 g/mol. The van der Waals surface area contributed by atoms with E-state index in [-0.39, 0.29) is 18.9 Å².